The topological polar surface area (TPSA) is 20.3 Å². The van der Waals surface area contributed by atoms with Gasteiger partial charge in [-0.05, 0) is 37.1 Å². The Morgan fingerprint density at radius 3 is 2.65 bits per heavy atom. The van der Waals surface area contributed by atoms with Crippen molar-refractivity contribution in [1.29, 1.82) is 0 Å². The monoisotopic (exact) mass is 255 g/mol. The van der Waals surface area contributed by atoms with Crippen molar-refractivity contribution in [3.05, 3.63) is 35.6 Å². The van der Waals surface area contributed by atoms with Crippen molar-refractivity contribution in [2.24, 2.45) is 0 Å². The van der Waals surface area contributed by atoms with Gasteiger partial charge in [-0.25, -0.2) is 4.39 Å². The average molecular weight is 256 g/mol. The van der Waals surface area contributed by atoms with Crippen molar-refractivity contribution in [1.82, 2.24) is 4.90 Å². The Kier molecular flexibility index (Phi) is 4.00. The summed E-state index contributed by atoms with van der Waals surface area (Å²) in [7, 11) is 0. The summed E-state index contributed by atoms with van der Waals surface area (Å²) in [5.74, 6) is -0.438. The Hall–Kier alpha value is -1.09. The van der Waals surface area contributed by atoms with Gasteiger partial charge in [-0.2, -0.15) is 0 Å². The maximum absolute atomic E-state index is 12.8. The van der Waals surface area contributed by atoms with Crippen LogP contribution in [0, 0.1) is 5.82 Å². The third kappa shape index (κ3) is 2.97. The number of benzene rings is 1. The minimum Gasteiger partial charge on any atom is -0.322 e. The van der Waals surface area contributed by atoms with Crippen molar-refractivity contribution >= 4 is 17.5 Å². The highest BCUT2D eigenvalue weighted by Gasteiger charge is 2.24. The summed E-state index contributed by atoms with van der Waals surface area (Å²) < 4.78 is 12.8. The smallest absolute Gasteiger partial charge is 0.255 e. The van der Waals surface area contributed by atoms with Gasteiger partial charge in [0.15, 0.2) is 0 Å². The first-order valence-electron chi connectivity index (χ1n) is 5.89. The molecule has 0 radical (unpaired) electrons. The Labute approximate surface area is 105 Å². The molecule has 1 heterocycles. The van der Waals surface area contributed by atoms with Crippen LogP contribution in [0.15, 0.2) is 24.3 Å². The van der Waals surface area contributed by atoms with Gasteiger partial charge >= 0.3 is 0 Å². The van der Waals surface area contributed by atoms with Gasteiger partial charge < -0.3 is 4.90 Å². The van der Waals surface area contributed by atoms with Crippen LogP contribution in [0.5, 0.6) is 0 Å². The molecule has 0 saturated carbocycles. The van der Waals surface area contributed by atoms with Gasteiger partial charge in [-0.1, -0.05) is 24.4 Å². The minimum absolute atomic E-state index is 0.105. The number of hydrogen-bond donors (Lipinski definition) is 0. The zero-order chi connectivity index (χ0) is 12.3. The maximum atomic E-state index is 12.8. The Balaban J connectivity index is 2.15. The first-order chi connectivity index (χ1) is 8.18. The van der Waals surface area contributed by atoms with Gasteiger partial charge in [0.25, 0.3) is 5.91 Å². The first-order valence-corrected chi connectivity index (χ1v) is 6.33. The van der Waals surface area contributed by atoms with Crippen LogP contribution in [-0.4, -0.2) is 22.9 Å². The van der Waals surface area contributed by atoms with E-state index in [1.165, 1.54) is 24.3 Å². The van der Waals surface area contributed by atoms with Crippen LogP contribution in [-0.2, 0) is 0 Å². The molecule has 17 heavy (non-hydrogen) atoms. The van der Waals surface area contributed by atoms with Gasteiger partial charge in [-0.3, -0.25) is 4.79 Å². The van der Waals surface area contributed by atoms with Gasteiger partial charge in [-0.15, -0.1) is 0 Å². The molecule has 1 fully saturated rings. The molecule has 2 nitrogen and oxygen atoms in total. The lowest BCUT2D eigenvalue weighted by Gasteiger charge is -2.25. The van der Waals surface area contributed by atoms with E-state index in [9.17, 15) is 9.18 Å². The fourth-order valence-corrected chi connectivity index (χ4v) is 2.40. The SMILES string of the molecule is O=C(c1ccc(F)cc1)N1CCCCC[C@@H]1Cl. The van der Waals surface area contributed by atoms with Crippen molar-refractivity contribution in [3.63, 3.8) is 0 Å². The number of carbonyl (C=O) groups excluding carboxylic acids is 1. The molecule has 1 atom stereocenters. The predicted octanol–water partition coefficient (Wildman–Crippen LogP) is 3.41. The van der Waals surface area contributed by atoms with Crippen molar-refractivity contribution in [2.45, 2.75) is 31.2 Å². The molecule has 1 aliphatic rings. The van der Waals surface area contributed by atoms with Gasteiger partial charge in [0.2, 0.25) is 0 Å². The van der Waals surface area contributed by atoms with E-state index in [2.05, 4.69) is 0 Å². The van der Waals surface area contributed by atoms with E-state index >= 15 is 0 Å². The Morgan fingerprint density at radius 1 is 1.24 bits per heavy atom. The van der Waals surface area contributed by atoms with E-state index in [-0.39, 0.29) is 17.2 Å². The first kappa shape index (κ1) is 12.4. The molecule has 0 bridgehead atoms. The van der Waals surface area contributed by atoms with Crippen LogP contribution in [0.2, 0.25) is 0 Å². The normalized spacial score (nSPS) is 21.1. The highest BCUT2D eigenvalue weighted by atomic mass is 35.5. The third-order valence-corrected chi connectivity index (χ3v) is 3.49. The molecule has 0 spiro atoms. The van der Waals surface area contributed by atoms with Crippen LogP contribution in [0.1, 0.15) is 36.0 Å². The molecule has 0 aromatic heterocycles. The lowest BCUT2D eigenvalue weighted by Crippen LogP contribution is -2.36. The average Bonchev–Trinajstić information content (AvgIpc) is 2.54. The molecule has 0 unspecified atom stereocenters. The number of amides is 1. The predicted molar refractivity (Wildman–Crippen MR) is 65.5 cm³/mol. The number of likely N-dealkylation sites (tertiary alicyclic amines) is 1. The standard InChI is InChI=1S/C13H15ClFNO/c14-12-4-2-1-3-9-16(12)13(17)10-5-7-11(15)8-6-10/h5-8,12H,1-4,9H2/t12-/m1/s1. The summed E-state index contributed by atoms with van der Waals surface area (Å²) in [5.41, 5.74) is 0.258. The van der Waals surface area contributed by atoms with E-state index in [1.807, 2.05) is 0 Å². The quantitative estimate of drug-likeness (QED) is 0.556. The van der Waals surface area contributed by atoms with E-state index < -0.39 is 0 Å². The number of hydrogen-bond acceptors (Lipinski definition) is 1. The molecule has 1 saturated heterocycles. The molecule has 1 aromatic carbocycles. The summed E-state index contributed by atoms with van der Waals surface area (Å²) >= 11 is 6.19. The lowest BCUT2D eigenvalue weighted by atomic mass is 10.2. The molecule has 2 rings (SSSR count). The maximum Gasteiger partial charge on any atom is 0.255 e. The van der Waals surface area contributed by atoms with E-state index in [0.717, 1.165) is 25.7 Å². The molecule has 1 aliphatic heterocycles. The van der Waals surface area contributed by atoms with Crippen molar-refractivity contribution in [2.75, 3.05) is 6.54 Å². The zero-order valence-corrected chi connectivity index (χ0v) is 10.3. The third-order valence-electron chi connectivity index (χ3n) is 3.03. The van der Waals surface area contributed by atoms with Crippen molar-refractivity contribution in [3.8, 4) is 0 Å². The Morgan fingerprint density at radius 2 is 1.94 bits per heavy atom. The molecular formula is C13H15ClFNO. The van der Waals surface area contributed by atoms with Crippen molar-refractivity contribution < 1.29 is 9.18 Å². The van der Waals surface area contributed by atoms with Crippen LogP contribution in [0.3, 0.4) is 0 Å². The fraction of sp³-hybridized carbons (Fsp3) is 0.462. The van der Waals surface area contributed by atoms with E-state index in [1.54, 1.807) is 4.90 Å². The van der Waals surface area contributed by atoms with Gasteiger partial charge in [0.1, 0.15) is 11.3 Å². The molecule has 0 aliphatic carbocycles. The summed E-state index contributed by atoms with van der Waals surface area (Å²) in [6.07, 6.45) is 3.97. The number of alkyl halides is 1. The highest BCUT2D eigenvalue weighted by Crippen LogP contribution is 2.21. The number of rotatable bonds is 1. The van der Waals surface area contributed by atoms with Crippen LogP contribution < -0.4 is 0 Å². The second-order valence-corrected chi connectivity index (χ2v) is 4.79. The Bertz CT molecular complexity index is 393. The van der Waals surface area contributed by atoms with E-state index in [4.69, 9.17) is 11.6 Å². The molecular weight excluding hydrogens is 241 g/mol. The summed E-state index contributed by atoms with van der Waals surface area (Å²) in [6, 6.07) is 5.61. The van der Waals surface area contributed by atoms with Crippen LogP contribution in [0.4, 0.5) is 4.39 Å². The number of halogens is 2. The molecule has 1 aromatic rings. The fourth-order valence-electron chi connectivity index (χ4n) is 2.05. The number of nitrogens with zero attached hydrogens (tertiary/aromatic N) is 1. The van der Waals surface area contributed by atoms with Gasteiger partial charge in [0, 0.05) is 12.1 Å². The lowest BCUT2D eigenvalue weighted by molar-refractivity contribution is 0.0738. The van der Waals surface area contributed by atoms with Crippen LogP contribution >= 0.6 is 11.6 Å². The highest BCUT2D eigenvalue weighted by molar-refractivity contribution is 6.21. The van der Waals surface area contributed by atoms with E-state index in [0.29, 0.717) is 12.1 Å². The molecule has 4 heteroatoms. The molecule has 92 valence electrons. The molecule has 0 N–H and O–H groups in total. The summed E-state index contributed by atoms with van der Waals surface area (Å²) in [5, 5.41) is 0. The largest absolute Gasteiger partial charge is 0.322 e. The second kappa shape index (κ2) is 5.50. The zero-order valence-electron chi connectivity index (χ0n) is 9.53. The summed E-state index contributed by atoms with van der Waals surface area (Å²) in [4.78, 5) is 13.9. The minimum atomic E-state index is -0.333. The number of carbonyl (C=O) groups is 1. The second-order valence-electron chi connectivity index (χ2n) is 4.29. The van der Waals surface area contributed by atoms with Gasteiger partial charge in [0.05, 0.1) is 0 Å². The summed E-state index contributed by atoms with van der Waals surface area (Å²) in [6.45, 7) is 0.685. The molecule has 1 amide bonds. The van der Waals surface area contributed by atoms with Crippen LogP contribution in [0.25, 0.3) is 0 Å².